The molecule has 0 unspecified atom stereocenters. The Kier molecular flexibility index (Phi) is 22.7. The Bertz CT molecular complexity index is 169. The van der Waals surface area contributed by atoms with Crippen molar-refractivity contribution in [2.45, 2.75) is 84.8 Å². The summed E-state index contributed by atoms with van der Waals surface area (Å²) < 4.78 is 25.3. The van der Waals surface area contributed by atoms with Gasteiger partial charge < -0.3 is 23.7 Å². The van der Waals surface area contributed by atoms with Gasteiger partial charge in [0.15, 0.2) is 6.29 Å². The summed E-state index contributed by atoms with van der Waals surface area (Å²) in [6, 6.07) is 0. The van der Waals surface area contributed by atoms with Crippen molar-refractivity contribution in [1.82, 2.24) is 0 Å². The van der Waals surface area contributed by atoms with E-state index in [-0.39, 0.29) is 6.29 Å². The topological polar surface area (TPSA) is 46.2 Å². The zero-order chi connectivity index (χ0) is 19.1. The van der Waals surface area contributed by atoms with Crippen LogP contribution in [-0.4, -0.2) is 59.1 Å². The molecule has 0 aromatic heterocycles. The predicted molar refractivity (Wildman–Crippen MR) is 107 cm³/mol. The second kappa shape index (κ2) is 22.8. The fourth-order valence-electron chi connectivity index (χ4n) is 2.58. The first kappa shape index (κ1) is 25.8. The van der Waals surface area contributed by atoms with Crippen LogP contribution in [0.4, 0.5) is 0 Å². The van der Waals surface area contributed by atoms with Gasteiger partial charge in [0.2, 0.25) is 0 Å². The van der Waals surface area contributed by atoms with Gasteiger partial charge in [0.25, 0.3) is 0 Å². The van der Waals surface area contributed by atoms with Gasteiger partial charge in [-0.25, -0.2) is 0 Å². The number of rotatable bonds is 4. The first-order valence-corrected chi connectivity index (χ1v) is 10.8. The van der Waals surface area contributed by atoms with Crippen molar-refractivity contribution < 1.29 is 23.7 Å². The Hall–Kier alpha value is -0.200. The molecule has 0 N–H and O–H groups in total. The van der Waals surface area contributed by atoms with E-state index in [4.69, 9.17) is 23.7 Å². The van der Waals surface area contributed by atoms with Crippen molar-refractivity contribution in [2.75, 3.05) is 52.9 Å². The normalized spacial score (nSPS) is 19.8. The van der Waals surface area contributed by atoms with Crippen LogP contribution in [-0.2, 0) is 23.7 Å². The summed E-state index contributed by atoms with van der Waals surface area (Å²) in [5.74, 6) is 0. The molecule has 3 aliphatic heterocycles. The molecule has 158 valence electrons. The molecule has 3 fully saturated rings. The molecule has 3 heterocycles. The maximum absolute atomic E-state index is 5.07. The van der Waals surface area contributed by atoms with Gasteiger partial charge in [-0.2, -0.15) is 0 Å². The molecule has 0 atom stereocenters. The molecule has 0 radical (unpaired) electrons. The van der Waals surface area contributed by atoms with Gasteiger partial charge in [0, 0.05) is 52.9 Å². The van der Waals surface area contributed by atoms with Gasteiger partial charge in [-0.05, 0) is 78.6 Å². The van der Waals surface area contributed by atoms with E-state index in [1.165, 1.54) is 57.8 Å². The highest BCUT2D eigenvalue weighted by atomic mass is 16.7. The third kappa shape index (κ3) is 21.8. The van der Waals surface area contributed by atoms with Crippen LogP contribution >= 0.6 is 0 Å². The van der Waals surface area contributed by atoms with Crippen LogP contribution in [0.15, 0.2) is 0 Å². The van der Waals surface area contributed by atoms with Crippen molar-refractivity contribution >= 4 is 0 Å². The zero-order valence-electron chi connectivity index (χ0n) is 17.6. The molecule has 3 rings (SSSR count). The van der Waals surface area contributed by atoms with Crippen LogP contribution in [0.2, 0.25) is 0 Å². The summed E-state index contributed by atoms with van der Waals surface area (Å²) in [6.07, 6.45) is 11.8. The quantitative estimate of drug-likeness (QED) is 0.649. The minimum Gasteiger partial charge on any atom is -0.381 e. The second-order valence-corrected chi connectivity index (χ2v) is 6.50. The Morgan fingerprint density at radius 2 is 0.808 bits per heavy atom. The molecule has 26 heavy (non-hydrogen) atoms. The Morgan fingerprint density at radius 1 is 0.538 bits per heavy atom. The fourth-order valence-corrected chi connectivity index (χ4v) is 2.58. The lowest BCUT2D eigenvalue weighted by molar-refractivity contribution is -0.123. The third-order valence-corrected chi connectivity index (χ3v) is 4.03. The summed E-state index contributed by atoms with van der Waals surface area (Å²) in [4.78, 5) is 0. The predicted octanol–water partition coefficient (Wildman–Crippen LogP) is 4.97. The maximum Gasteiger partial charge on any atom is 0.154 e. The number of hydrogen-bond donors (Lipinski definition) is 0. The van der Waals surface area contributed by atoms with Crippen molar-refractivity contribution in [3.05, 3.63) is 0 Å². The van der Waals surface area contributed by atoms with E-state index in [9.17, 15) is 0 Å². The SMILES string of the molecule is C1CCOCC1.C1CCOCC1.C1CCOCC1.CCOC(C)OCC. The average Bonchev–Trinajstić information content (AvgIpc) is 2.74. The third-order valence-electron chi connectivity index (χ3n) is 4.03. The van der Waals surface area contributed by atoms with Crippen LogP contribution < -0.4 is 0 Å². The van der Waals surface area contributed by atoms with Gasteiger partial charge in [0.05, 0.1) is 0 Å². The van der Waals surface area contributed by atoms with Crippen LogP contribution in [0.25, 0.3) is 0 Å². The first-order chi connectivity index (χ1) is 12.8. The average molecular weight is 377 g/mol. The van der Waals surface area contributed by atoms with E-state index in [1.54, 1.807) is 0 Å². The molecule has 0 bridgehead atoms. The van der Waals surface area contributed by atoms with Gasteiger partial charge in [0.1, 0.15) is 0 Å². The second-order valence-electron chi connectivity index (χ2n) is 6.50. The fraction of sp³-hybridized carbons (Fsp3) is 1.00. The summed E-state index contributed by atoms with van der Waals surface area (Å²) >= 11 is 0. The molecular weight excluding hydrogens is 332 g/mol. The minimum absolute atomic E-state index is 0.0370. The van der Waals surface area contributed by atoms with Crippen molar-refractivity contribution in [2.24, 2.45) is 0 Å². The lowest BCUT2D eigenvalue weighted by Gasteiger charge is -2.09. The summed E-state index contributed by atoms with van der Waals surface area (Å²) in [5.41, 5.74) is 0. The molecule has 0 aromatic carbocycles. The van der Waals surface area contributed by atoms with E-state index in [0.29, 0.717) is 0 Å². The van der Waals surface area contributed by atoms with E-state index in [2.05, 4.69) is 0 Å². The molecule has 0 saturated carbocycles. The highest BCUT2D eigenvalue weighted by molar-refractivity contribution is 4.46. The molecule has 0 aromatic rings. The van der Waals surface area contributed by atoms with Crippen molar-refractivity contribution in [3.63, 3.8) is 0 Å². The molecule has 0 amide bonds. The van der Waals surface area contributed by atoms with Crippen LogP contribution in [0.5, 0.6) is 0 Å². The van der Waals surface area contributed by atoms with Crippen LogP contribution in [0, 0.1) is 0 Å². The molecule has 3 saturated heterocycles. The van der Waals surface area contributed by atoms with Crippen molar-refractivity contribution in [3.8, 4) is 0 Å². The zero-order valence-corrected chi connectivity index (χ0v) is 17.6. The Morgan fingerprint density at radius 3 is 0.923 bits per heavy atom. The lowest BCUT2D eigenvalue weighted by Crippen LogP contribution is -2.11. The Labute approximate surface area is 162 Å². The molecule has 5 nitrogen and oxygen atoms in total. The van der Waals surface area contributed by atoms with Gasteiger partial charge in [-0.1, -0.05) is 0 Å². The highest BCUT2D eigenvalue weighted by Gasteiger charge is 1.96. The molecular formula is C21H44O5. The molecule has 3 aliphatic rings. The minimum atomic E-state index is -0.0370. The largest absolute Gasteiger partial charge is 0.381 e. The van der Waals surface area contributed by atoms with Crippen LogP contribution in [0.3, 0.4) is 0 Å². The van der Waals surface area contributed by atoms with Gasteiger partial charge in [-0.3, -0.25) is 0 Å². The molecule has 5 heteroatoms. The molecule has 0 aliphatic carbocycles. The van der Waals surface area contributed by atoms with E-state index < -0.39 is 0 Å². The maximum atomic E-state index is 5.07. The van der Waals surface area contributed by atoms with E-state index in [1.807, 2.05) is 20.8 Å². The standard InChI is InChI=1S/C6H14O2.3C5H10O/c1-4-7-6(3)8-5-2;3*1-2-4-6-5-3-1/h6H,4-5H2,1-3H3;3*1-5H2. The van der Waals surface area contributed by atoms with E-state index in [0.717, 1.165) is 52.9 Å². The lowest BCUT2D eigenvalue weighted by atomic mass is 10.2. The number of ether oxygens (including phenoxy) is 5. The van der Waals surface area contributed by atoms with Crippen LogP contribution in [0.1, 0.15) is 78.6 Å². The molecule has 0 spiro atoms. The Balaban J connectivity index is 0.000000322. The monoisotopic (exact) mass is 376 g/mol. The smallest absolute Gasteiger partial charge is 0.154 e. The summed E-state index contributed by atoms with van der Waals surface area (Å²) in [6.45, 7) is 13.3. The van der Waals surface area contributed by atoms with Gasteiger partial charge in [-0.15, -0.1) is 0 Å². The summed E-state index contributed by atoms with van der Waals surface area (Å²) in [5, 5.41) is 0. The van der Waals surface area contributed by atoms with E-state index >= 15 is 0 Å². The number of hydrogen-bond acceptors (Lipinski definition) is 5. The highest BCUT2D eigenvalue weighted by Crippen LogP contribution is 2.03. The van der Waals surface area contributed by atoms with Gasteiger partial charge >= 0.3 is 0 Å². The summed E-state index contributed by atoms with van der Waals surface area (Å²) in [7, 11) is 0. The first-order valence-electron chi connectivity index (χ1n) is 10.8. The van der Waals surface area contributed by atoms with Crippen molar-refractivity contribution in [1.29, 1.82) is 0 Å².